The zero-order valence-corrected chi connectivity index (χ0v) is 20.4. The molecule has 4 saturated carbocycles. The van der Waals surface area contributed by atoms with Crippen molar-refractivity contribution in [3.05, 3.63) is 0 Å². The van der Waals surface area contributed by atoms with Crippen molar-refractivity contribution in [2.24, 2.45) is 52.3 Å². The maximum absolute atomic E-state index is 12.3. The molecule has 5 nitrogen and oxygen atoms in total. The molecule has 182 valence electrons. The highest BCUT2D eigenvalue weighted by Gasteiger charge is 2.66. The molecule has 1 heterocycles. The molecule has 1 aliphatic heterocycles. The van der Waals surface area contributed by atoms with Gasteiger partial charge in [0.05, 0.1) is 24.2 Å². The van der Waals surface area contributed by atoms with Crippen molar-refractivity contribution in [2.75, 3.05) is 0 Å². The van der Waals surface area contributed by atoms with Gasteiger partial charge in [-0.25, -0.2) is 0 Å². The van der Waals surface area contributed by atoms with E-state index in [9.17, 15) is 20.1 Å². The average molecular weight is 449 g/mol. The Kier molecular flexibility index (Phi) is 5.74. The lowest BCUT2D eigenvalue weighted by Gasteiger charge is -2.63. The quantitative estimate of drug-likeness (QED) is 0.557. The molecule has 0 aromatic carbocycles. The minimum Gasteiger partial charge on any atom is -0.462 e. The normalized spacial score (nSPS) is 56.5. The fourth-order valence-electron chi connectivity index (χ4n) is 9.55. The highest BCUT2D eigenvalue weighted by Crippen LogP contribution is 2.68. The van der Waals surface area contributed by atoms with Crippen molar-refractivity contribution >= 4 is 5.97 Å². The molecular formula is C27H44O5. The zero-order valence-electron chi connectivity index (χ0n) is 20.4. The van der Waals surface area contributed by atoms with E-state index in [1.807, 2.05) is 6.92 Å². The molecule has 1 saturated heterocycles. The molecule has 13 atom stereocenters. The Labute approximate surface area is 193 Å². The van der Waals surface area contributed by atoms with Gasteiger partial charge in [0.1, 0.15) is 6.10 Å². The van der Waals surface area contributed by atoms with Crippen LogP contribution in [0.25, 0.3) is 0 Å². The van der Waals surface area contributed by atoms with Crippen molar-refractivity contribution in [1.29, 1.82) is 0 Å². The molecule has 0 bridgehead atoms. The lowest BCUT2D eigenvalue weighted by atomic mass is 9.43. The summed E-state index contributed by atoms with van der Waals surface area (Å²) in [6.07, 6.45) is 7.02. The lowest BCUT2D eigenvalue weighted by Crippen LogP contribution is -2.62. The highest BCUT2D eigenvalue weighted by atomic mass is 16.5. The topological polar surface area (TPSA) is 87.0 Å². The van der Waals surface area contributed by atoms with Crippen molar-refractivity contribution in [3.8, 4) is 0 Å². The number of esters is 1. The summed E-state index contributed by atoms with van der Waals surface area (Å²) in [4.78, 5) is 12.3. The van der Waals surface area contributed by atoms with Crippen molar-refractivity contribution in [2.45, 2.75) is 110 Å². The molecular weight excluding hydrogens is 404 g/mol. The van der Waals surface area contributed by atoms with Crippen LogP contribution in [-0.2, 0) is 9.53 Å². The molecule has 0 unspecified atom stereocenters. The van der Waals surface area contributed by atoms with Gasteiger partial charge in [-0.2, -0.15) is 0 Å². The molecule has 0 amide bonds. The molecule has 0 aromatic heterocycles. The fraction of sp³-hybridized carbons (Fsp3) is 0.963. The second kappa shape index (κ2) is 7.95. The molecule has 5 heteroatoms. The summed E-state index contributed by atoms with van der Waals surface area (Å²) < 4.78 is 5.86. The smallest absolute Gasteiger partial charge is 0.308 e. The van der Waals surface area contributed by atoms with Crippen LogP contribution in [0.3, 0.4) is 0 Å². The van der Waals surface area contributed by atoms with E-state index < -0.39 is 6.10 Å². The zero-order chi connectivity index (χ0) is 23.0. The van der Waals surface area contributed by atoms with Crippen LogP contribution >= 0.6 is 0 Å². The first kappa shape index (κ1) is 23.1. The van der Waals surface area contributed by atoms with Gasteiger partial charge >= 0.3 is 5.97 Å². The second-order valence-electron chi connectivity index (χ2n) is 12.8. The third-order valence-corrected chi connectivity index (χ3v) is 11.6. The van der Waals surface area contributed by atoms with Gasteiger partial charge in [0, 0.05) is 0 Å². The Bertz CT molecular complexity index is 740. The van der Waals surface area contributed by atoms with Crippen LogP contribution in [0.5, 0.6) is 0 Å². The molecule has 5 fully saturated rings. The number of aliphatic hydroxyl groups excluding tert-OH is 3. The second-order valence-corrected chi connectivity index (χ2v) is 12.8. The maximum Gasteiger partial charge on any atom is 0.308 e. The summed E-state index contributed by atoms with van der Waals surface area (Å²) in [5, 5.41) is 33.4. The number of carbonyl (C=O) groups excluding carboxylic acids is 1. The van der Waals surface area contributed by atoms with Crippen molar-refractivity contribution < 1.29 is 24.9 Å². The first-order valence-electron chi connectivity index (χ1n) is 13.3. The third-order valence-electron chi connectivity index (χ3n) is 11.6. The number of hydrogen-bond acceptors (Lipinski definition) is 5. The van der Waals surface area contributed by atoms with Gasteiger partial charge in [-0.1, -0.05) is 27.7 Å². The predicted molar refractivity (Wildman–Crippen MR) is 121 cm³/mol. The van der Waals surface area contributed by atoms with Gasteiger partial charge in [0.2, 0.25) is 0 Å². The Balaban J connectivity index is 1.41. The van der Waals surface area contributed by atoms with Crippen LogP contribution in [0, 0.1) is 52.3 Å². The number of rotatable bonds is 2. The molecule has 5 aliphatic rings. The number of cyclic esters (lactones) is 1. The maximum atomic E-state index is 12.3. The number of hydrogen-bond donors (Lipinski definition) is 3. The fourth-order valence-corrected chi connectivity index (χ4v) is 9.55. The van der Waals surface area contributed by atoms with Gasteiger partial charge in [0.15, 0.2) is 0 Å². The Morgan fingerprint density at radius 2 is 1.72 bits per heavy atom. The van der Waals surface area contributed by atoms with Crippen LogP contribution in [-0.4, -0.2) is 45.7 Å². The van der Waals surface area contributed by atoms with Gasteiger partial charge in [-0.05, 0) is 104 Å². The summed E-state index contributed by atoms with van der Waals surface area (Å²) in [6, 6.07) is 0. The third kappa shape index (κ3) is 3.24. The molecule has 0 radical (unpaired) electrons. The average Bonchev–Trinajstić information content (AvgIpc) is 3.10. The van der Waals surface area contributed by atoms with Crippen LogP contribution in [0.15, 0.2) is 0 Å². The molecule has 5 rings (SSSR count). The van der Waals surface area contributed by atoms with Crippen LogP contribution in [0.2, 0.25) is 0 Å². The monoisotopic (exact) mass is 448 g/mol. The Morgan fingerprint density at radius 1 is 0.969 bits per heavy atom. The van der Waals surface area contributed by atoms with Crippen LogP contribution < -0.4 is 0 Å². The van der Waals surface area contributed by atoms with Gasteiger partial charge in [0.25, 0.3) is 0 Å². The standard InChI is InChI=1S/C27H44O5/c1-14-5-8-22(32-25(14)31)15(2)18-6-7-19-24-20(13-23(30)27(18,19)4)26(3)10-9-17(28)11-16(26)12-21(24)29/h14-24,28-30H,5-13H2,1-4H3/t14-,15+,16+,17-,18-,19+,20+,21-,22+,23+,24+,26+,27-/m1/s1. The summed E-state index contributed by atoms with van der Waals surface area (Å²) in [6.45, 7) is 8.82. The summed E-state index contributed by atoms with van der Waals surface area (Å²) >= 11 is 0. The molecule has 0 aromatic rings. The lowest BCUT2D eigenvalue weighted by molar-refractivity contribution is -0.210. The van der Waals surface area contributed by atoms with Crippen molar-refractivity contribution in [1.82, 2.24) is 0 Å². The van der Waals surface area contributed by atoms with Gasteiger partial charge < -0.3 is 20.1 Å². The number of carbonyl (C=O) groups is 1. The van der Waals surface area contributed by atoms with E-state index >= 15 is 0 Å². The summed E-state index contributed by atoms with van der Waals surface area (Å²) in [5.41, 5.74) is -0.140. The number of fused-ring (bicyclic) bond motifs is 5. The SMILES string of the molecule is C[C@H]([C@@H]1CC[C@@H](C)C(=O)O1)[C@H]1CC[C@H]2[C@@H]3[C@H](O)C[C@@H]4C[C@H](O)CC[C@]4(C)[C@H]3C[C@H](O)[C@]12C. The van der Waals surface area contributed by atoms with E-state index in [1.54, 1.807) is 0 Å². The minimum absolute atomic E-state index is 0.00789. The van der Waals surface area contributed by atoms with E-state index in [0.717, 1.165) is 57.8 Å². The van der Waals surface area contributed by atoms with E-state index in [4.69, 9.17) is 4.74 Å². The largest absolute Gasteiger partial charge is 0.462 e. The summed E-state index contributed by atoms with van der Waals surface area (Å²) in [5.74, 6) is 1.65. The number of ether oxygens (including phenoxy) is 1. The first-order valence-corrected chi connectivity index (χ1v) is 13.3. The van der Waals surface area contributed by atoms with Crippen LogP contribution in [0.1, 0.15) is 85.5 Å². The Morgan fingerprint density at radius 3 is 2.44 bits per heavy atom. The Hall–Kier alpha value is -0.650. The molecule has 0 spiro atoms. The van der Waals surface area contributed by atoms with Gasteiger partial charge in [-0.15, -0.1) is 0 Å². The first-order chi connectivity index (χ1) is 15.1. The van der Waals surface area contributed by atoms with E-state index in [2.05, 4.69) is 20.8 Å². The number of aliphatic hydroxyl groups is 3. The van der Waals surface area contributed by atoms with Crippen LogP contribution in [0.4, 0.5) is 0 Å². The molecule has 4 aliphatic carbocycles. The highest BCUT2D eigenvalue weighted by molar-refractivity contribution is 5.72. The molecule has 32 heavy (non-hydrogen) atoms. The van der Waals surface area contributed by atoms with E-state index in [0.29, 0.717) is 23.7 Å². The predicted octanol–water partition coefficient (Wildman–Crippen LogP) is 3.93. The molecule has 3 N–H and O–H groups in total. The van der Waals surface area contributed by atoms with E-state index in [1.165, 1.54) is 0 Å². The van der Waals surface area contributed by atoms with Crippen molar-refractivity contribution in [3.63, 3.8) is 0 Å². The minimum atomic E-state index is -0.392. The summed E-state index contributed by atoms with van der Waals surface area (Å²) in [7, 11) is 0. The van der Waals surface area contributed by atoms with Gasteiger partial charge in [-0.3, -0.25) is 4.79 Å². The van der Waals surface area contributed by atoms with E-state index in [-0.39, 0.29) is 52.9 Å².